The van der Waals surface area contributed by atoms with Crippen molar-refractivity contribution in [2.24, 2.45) is 0 Å². The number of fused-ring (bicyclic) bond motifs is 1. The number of benzene rings is 2. The molecule has 0 unspecified atom stereocenters. The second-order valence-corrected chi connectivity index (χ2v) is 12.0. The van der Waals surface area contributed by atoms with Gasteiger partial charge in [0.1, 0.15) is 10.9 Å². The summed E-state index contributed by atoms with van der Waals surface area (Å²) in [5.41, 5.74) is 2.14. The van der Waals surface area contributed by atoms with Crippen LogP contribution < -0.4 is 5.32 Å². The van der Waals surface area contributed by atoms with E-state index in [9.17, 15) is 22.8 Å². The third-order valence-electron chi connectivity index (χ3n) is 7.60. The minimum absolute atomic E-state index is 0.00272. The predicted octanol–water partition coefficient (Wildman–Crippen LogP) is 4.18. The van der Waals surface area contributed by atoms with E-state index in [1.807, 2.05) is 38.1 Å². The summed E-state index contributed by atoms with van der Waals surface area (Å²) in [5, 5.41) is 3.17. The molecule has 2 aromatic rings. The average Bonchev–Trinajstić information content (AvgIpc) is 3.10. The van der Waals surface area contributed by atoms with Gasteiger partial charge in [0, 0.05) is 25.6 Å². The lowest BCUT2D eigenvalue weighted by atomic mass is 9.95. The topological polar surface area (TPSA) is 104 Å². The maximum Gasteiger partial charge on any atom is 0.269 e. The second kappa shape index (κ2) is 12.1. The number of hydrogen-bond acceptors (Lipinski definition) is 5. The van der Waals surface area contributed by atoms with Crippen LogP contribution in [0.3, 0.4) is 0 Å². The van der Waals surface area contributed by atoms with E-state index in [4.69, 9.17) is 0 Å². The highest BCUT2D eigenvalue weighted by Gasteiger charge is 2.40. The molecule has 0 aromatic heterocycles. The molecule has 1 aliphatic heterocycles. The van der Waals surface area contributed by atoms with Crippen LogP contribution in [0.1, 0.15) is 79.8 Å². The molecule has 1 atom stereocenters. The number of hydrogen-bond donors (Lipinski definition) is 1. The number of nitrogens with one attached hydrogen (secondary N) is 1. The Hall–Kier alpha value is -3.20. The Bertz CT molecular complexity index is 1290. The monoisotopic (exact) mass is 539 g/mol. The highest BCUT2D eigenvalue weighted by atomic mass is 32.2. The van der Waals surface area contributed by atoms with E-state index < -0.39 is 22.0 Å². The minimum atomic E-state index is -3.92. The van der Waals surface area contributed by atoms with Crippen molar-refractivity contribution in [2.45, 2.75) is 88.7 Å². The van der Waals surface area contributed by atoms with E-state index in [1.54, 1.807) is 17.0 Å². The Morgan fingerprint density at radius 2 is 1.74 bits per heavy atom. The van der Waals surface area contributed by atoms with Crippen molar-refractivity contribution in [3.63, 3.8) is 0 Å². The summed E-state index contributed by atoms with van der Waals surface area (Å²) in [4.78, 5) is 41.3. The first-order valence-electron chi connectivity index (χ1n) is 13.5. The zero-order valence-electron chi connectivity index (χ0n) is 22.2. The smallest absolute Gasteiger partial charge is 0.269 e. The minimum Gasteiger partial charge on any atom is -0.352 e. The molecule has 1 aliphatic carbocycles. The van der Waals surface area contributed by atoms with Crippen LogP contribution in [0.4, 0.5) is 0 Å². The maximum absolute atomic E-state index is 13.6. The molecule has 2 aromatic carbocycles. The van der Waals surface area contributed by atoms with Crippen LogP contribution in [0.2, 0.25) is 0 Å². The largest absolute Gasteiger partial charge is 0.352 e. The predicted molar refractivity (Wildman–Crippen MR) is 145 cm³/mol. The lowest BCUT2D eigenvalue weighted by Crippen LogP contribution is -2.51. The van der Waals surface area contributed by atoms with Gasteiger partial charge in [-0.15, -0.1) is 0 Å². The second-order valence-electron chi connectivity index (χ2n) is 10.2. The number of aryl methyl sites for hydroxylation is 1. The Balaban J connectivity index is 1.47. The molecular weight excluding hydrogens is 502 g/mol. The Labute approximate surface area is 225 Å². The van der Waals surface area contributed by atoms with Crippen molar-refractivity contribution in [1.29, 1.82) is 0 Å². The van der Waals surface area contributed by atoms with Crippen molar-refractivity contribution < 1.29 is 22.8 Å². The van der Waals surface area contributed by atoms with Crippen LogP contribution in [-0.4, -0.2) is 54.0 Å². The molecule has 0 saturated heterocycles. The molecular formula is C29H37N3O5S. The van der Waals surface area contributed by atoms with Gasteiger partial charge in [0.2, 0.25) is 11.8 Å². The van der Waals surface area contributed by atoms with Crippen molar-refractivity contribution in [1.82, 2.24) is 14.5 Å². The summed E-state index contributed by atoms with van der Waals surface area (Å²) < 4.78 is 26.6. The van der Waals surface area contributed by atoms with Crippen molar-refractivity contribution in [3.05, 3.63) is 65.2 Å². The molecule has 4 rings (SSSR count). The Morgan fingerprint density at radius 3 is 2.42 bits per heavy atom. The van der Waals surface area contributed by atoms with Gasteiger partial charge in [-0.25, -0.2) is 12.7 Å². The molecule has 1 saturated carbocycles. The van der Waals surface area contributed by atoms with Gasteiger partial charge in [0.05, 0.1) is 5.56 Å². The van der Waals surface area contributed by atoms with Gasteiger partial charge in [-0.1, -0.05) is 62.6 Å². The lowest BCUT2D eigenvalue weighted by Gasteiger charge is -2.33. The fourth-order valence-corrected chi connectivity index (χ4v) is 7.01. The molecule has 0 bridgehead atoms. The summed E-state index contributed by atoms with van der Waals surface area (Å²) in [6, 6.07) is 13.4. The molecule has 38 heavy (non-hydrogen) atoms. The number of carbonyl (C=O) groups excluding carboxylic acids is 3. The van der Waals surface area contributed by atoms with Crippen LogP contribution in [-0.2, 0) is 26.2 Å². The molecule has 2 aliphatic rings. The van der Waals surface area contributed by atoms with E-state index in [0.29, 0.717) is 6.42 Å². The van der Waals surface area contributed by atoms with Crippen LogP contribution in [0.15, 0.2) is 53.4 Å². The maximum atomic E-state index is 13.6. The van der Waals surface area contributed by atoms with Crippen LogP contribution in [0.5, 0.6) is 0 Å². The van der Waals surface area contributed by atoms with Crippen LogP contribution in [0, 0.1) is 6.92 Å². The molecule has 1 heterocycles. The Kier molecular flexibility index (Phi) is 8.87. The van der Waals surface area contributed by atoms with E-state index >= 15 is 0 Å². The van der Waals surface area contributed by atoms with Crippen LogP contribution >= 0.6 is 0 Å². The number of sulfonamides is 1. The van der Waals surface area contributed by atoms with Crippen molar-refractivity contribution in [3.8, 4) is 0 Å². The van der Waals surface area contributed by atoms with E-state index in [-0.39, 0.29) is 54.2 Å². The molecule has 3 amide bonds. The highest BCUT2D eigenvalue weighted by molar-refractivity contribution is 7.90. The summed E-state index contributed by atoms with van der Waals surface area (Å²) in [6.07, 6.45) is 5.93. The standard InChI is InChI=1S/C29H37N3O5S/c1-3-25(28(34)30-23-14-5-4-6-15-23)31(20-22-13-8-7-12-21(22)2)27(33)18-11-19-32-29(35)24-16-9-10-17-26(24)38(32,36)37/h7-10,12-13,16-17,23,25H,3-6,11,14-15,18-20H2,1-2H3,(H,30,34)/t25-/m0/s1. The SMILES string of the molecule is CC[C@@H](C(=O)NC1CCCCC1)N(Cc1ccccc1C)C(=O)CCCN1C(=O)c2ccccc2S1(=O)=O. The zero-order valence-corrected chi connectivity index (χ0v) is 23.0. The lowest BCUT2D eigenvalue weighted by molar-refractivity contribution is -0.141. The van der Waals surface area contributed by atoms with Gasteiger partial charge >= 0.3 is 0 Å². The van der Waals surface area contributed by atoms with Crippen LogP contribution in [0.25, 0.3) is 0 Å². The zero-order chi connectivity index (χ0) is 27.3. The van der Waals surface area contributed by atoms with Gasteiger partial charge in [-0.2, -0.15) is 0 Å². The first-order chi connectivity index (χ1) is 18.2. The first kappa shape index (κ1) is 27.8. The molecule has 204 valence electrons. The Morgan fingerprint density at radius 1 is 1.05 bits per heavy atom. The third-order valence-corrected chi connectivity index (χ3v) is 9.44. The highest BCUT2D eigenvalue weighted by Crippen LogP contribution is 2.30. The number of carbonyl (C=O) groups is 3. The van der Waals surface area contributed by atoms with Gasteiger partial charge in [0.15, 0.2) is 0 Å². The van der Waals surface area contributed by atoms with Crippen molar-refractivity contribution in [2.75, 3.05) is 6.54 Å². The van der Waals surface area contributed by atoms with E-state index in [0.717, 1.165) is 41.1 Å². The average molecular weight is 540 g/mol. The third kappa shape index (κ3) is 5.93. The van der Waals surface area contributed by atoms with Gasteiger partial charge in [-0.3, -0.25) is 14.4 Å². The molecule has 1 N–H and O–H groups in total. The molecule has 9 heteroatoms. The number of nitrogens with zero attached hydrogens (tertiary/aromatic N) is 2. The number of rotatable bonds is 10. The molecule has 1 fully saturated rings. The normalized spacial score (nSPS) is 17.6. The molecule has 0 radical (unpaired) electrons. The fraction of sp³-hybridized carbons (Fsp3) is 0.483. The van der Waals surface area contributed by atoms with Crippen molar-refractivity contribution >= 4 is 27.7 Å². The quantitative estimate of drug-likeness (QED) is 0.488. The summed E-state index contributed by atoms with van der Waals surface area (Å²) in [7, 11) is -3.92. The van der Waals surface area contributed by atoms with Gasteiger partial charge < -0.3 is 10.2 Å². The molecule has 0 spiro atoms. The van der Waals surface area contributed by atoms with E-state index in [2.05, 4.69) is 5.32 Å². The summed E-state index contributed by atoms with van der Waals surface area (Å²) >= 11 is 0. The first-order valence-corrected chi connectivity index (χ1v) is 15.0. The molecule has 8 nitrogen and oxygen atoms in total. The van der Waals surface area contributed by atoms with E-state index in [1.165, 1.54) is 18.6 Å². The number of amides is 3. The summed E-state index contributed by atoms with van der Waals surface area (Å²) in [6.45, 7) is 4.07. The van der Waals surface area contributed by atoms with Gasteiger partial charge in [-0.05, 0) is 55.9 Å². The van der Waals surface area contributed by atoms with Gasteiger partial charge in [0.25, 0.3) is 15.9 Å². The summed E-state index contributed by atoms with van der Waals surface area (Å²) in [5.74, 6) is -0.947. The fourth-order valence-electron chi connectivity index (χ4n) is 5.40.